The summed E-state index contributed by atoms with van der Waals surface area (Å²) in [5.74, 6) is -0.238. The fourth-order valence-electron chi connectivity index (χ4n) is 2.98. The molecule has 1 amide bonds. The van der Waals surface area contributed by atoms with Crippen molar-refractivity contribution in [2.75, 3.05) is 46.2 Å². The van der Waals surface area contributed by atoms with E-state index in [1.807, 2.05) is 38.1 Å². The zero-order chi connectivity index (χ0) is 22.9. The second kappa shape index (κ2) is 9.22. The molecule has 10 heteroatoms. The van der Waals surface area contributed by atoms with E-state index in [0.717, 1.165) is 20.1 Å². The number of fused-ring (bicyclic) bond motifs is 1. The van der Waals surface area contributed by atoms with Crippen molar-refractivity contribution in [3.8, 4) is 0 Å². The lowest BCUT2D eigenvalue weighted by atomic mass is 10.2. The lowest BCUT2D eigenvalue weighted by Gasteiger charge is -2.22. The molecule has 2 aromatic carbocycles. The van der Waals surface area contributed by atoms with Gasteiger partial charge in [-0.15, -0.1) is 0 Å². The summed E-state index contributed by atoms with van der Waals surface area (Å²) in [6.07, 6.45) is 0. The number of likely N-dealkylation sites (N-methyl/N-ethyl adjacent to an activating group) is 1. The molecule has 0 saturated carbocycles. The molecule has 1 heterocycles. The maximum absolute atomic E-state index is 13.4. The van der Waals surface area contributed by atoms with Gasteiger partial charge in [0.1, 0.15) is 0 Å². The Bertz CT molecular complexity index is 1210. The predicted molar refractivity (Wildman–Crippen MR) is 127 cm³/mol. The minimum Gasteiger partial charge on any atom is -0.308 e. The lowest BCUT2D eigenvalue weighted by Crippen LogP contribution is -2.36. The highest BCUT2D eigenvalue weighted by Crippen LogP contribution is 2.33. The second-order valence-electron chi connectivity index (χ2n) is 7.64. The minimum absolute atomic E-state index is 0.138. The Morgan fingerprint density at radius 1 is 1.06 bits per heavy atom. The molecule has 7 nitrogen and oxygen atoms in total. The molecule has 0 saturated heterocycles. The number of nitrogens with zero attached hydrogens (tertiary/aromatic N) is 4. The molecule has 0 aliphatic heterocycles. The van der Waals surface area contributed by atoms with E-state index in [2.05, 4.69) is 0 Å². The summed E-state index contributed by atoms with van der Waals surface area (Å²) in [4.78, 5) is 21.8. The fraction of sp³-hybridized carbons (Fsp3) is 0.333. The molecule has 31 heavy (non-hydrogen) atoms. The third-order valence-corrected chi connectivity index (χ3v) is 7.84. The maximum atomic E-state index is 13.4. The highest BCUT2D eigenvalue weighted by Gasteiger charge is 2.23. The van der Waals surface area contributed by atoms with E-state index >= 15 is 0 Å². The average Bonchev–Trinajstić information content (AvgIpc) is 3.11. The molecule has 0 aliphatic rings. The molecular formula is C21H25ClN4O3S2. The number of aromatic nitrogens is 1. The molecule has 1 aromatic heterocycles. The van der Waals surface area contributed by atoms with Crippen LogP contribution in [0.3, 0.4) is 0 Å². The number of benzene rings is 2. The summed E-state index contributed by atoms with van der Waals surface area (Å²) in [5, 5.41) is 1.21. The molecule has 0 aliphatic carbocycles. The summed E-state index contributed by atoms with van der Waals surface area (Å²) in [6, 6.07) is 9.68. The van der Waals surface area contributed by atoms with Gasteiger partial charge in [0.25, 0.3) is 5.91 Å². The zero-order valence-corrected chi connectivity index (χ0v) is 20.5. The van der Waals surface area contributed by atoms with E-state index in [9.17, 15) is 13.2 Å². The maximum Gasteiger partial charge on any atom is 0.260 e. The number of amides is 1. The quantitative estimate of drug-likeness (QED) is 0.515. The van der Waals surface area contributed by atoms with Gasteiger partial charge in [-0.05, 0) is 63.0 Å². The highest BCUT2D eigenvalue weighted by molar-refractivity contribution is 7.89. The van der Waals surface area contributed by atoms with Gasteiger partial charge >= 0.3 is 0 Å². The van der Waals surface area contributed by atoms with Gasteiger partial charge in [0.2, 0.25) is 10.0 Å². The van der Waals surface area contributed by atoms with Gasteiger partial charge in [-0.25, -0.2) is 17.7 Å². The standard InChI is InChI=1S/C21H25ClN4O3S2/c1-14-12-16(22)13-18-19(14)23-21(30-18)26(11-10-24(2)3)20(27)15-6-8-17(9-7-15)31(28,29)25(4)5/h6-9,12-13H,10-11H2,1-5H3. The summed E-state index contributed by atoms with van der Waals surface area (Å²) >= 11 is 7.60. The molecule has 3 rings (SSSR count). The SMILES string of the molecule is Cc1cc(Cl)cc2sc(N(CCN(C)C)C(=O)c3ccc(S(=O)(=O)N(C)C)cc3)nc12. The number of carbonyl (C=O) groups is 1. The Labute approximate surface area is 191 Å². The Kier molecular flexibility index (Phi) is 7.02. The van der Waals surface area contributed by atoms with E-state index in [4.69, 9.17) is 16.6 Å². The van der Waals surface area contributed by atoms with Gasteiger partial charge in [-0.2, -0.15) is 0 Å². The summed E-state index contributed by atoms with van der Waals surface area (Å²) in [5.41, 5.74) is 2.16. The van der Waals surface area contributed by atoms with Crippen LogP contribution in [0.2, 0.25) is 5.02 Å². The van der Waals surface area contributed by atoms with Crippen molar-refractivity contribution < 1.29 is 13.2 Å². The molecule has 166 valence electrons. The van der Waals surface area contributed by atoms with Gasteiger partial charge in [0.15, 0.2) is 5.13 Å². The minimum atomic E-state index is -3.56. The van der Waals surface area contributed by atoms with Crippen molar-refractivity contribution in [3.63, 3.8) is 0 Å². The monoisotopic (exact) mass is 480 g/mol. The van der Waals surface area contributed by atoms with Gasteiger partial charge in [-0.3, -0.25) is 9.69 Å². The van der Waals surface area contributed by atoms with Crippen LogP contribution < -0.4 is 4.90 Å². The van der Waals surface area contributed by atoms with Gasteiger partial charge in [-0.1, -0.05) is 22.9 Å². The first kappa shape index (κ1) is 23.6. The van der Waals surface area contributed by atoms with Crippen LogP contribution in [0.1, 0.15) is 15.9 Å². The average molecular weight is 481 g/mol. The molecule has 0 N–H and O–H groups in total. The number of sulfonamides is 1. The van der Waals surface area contributed by atoms with Crippen molar-refractivity contribution in [3.05, 3.63) is 52.5 Å². The van der Waals surface area contributed by atoms with Crippen LogP contribution in [0, 0.1) is 6.92 Å². The predicted octanol–water partition coefficient (Wildman–Crippen LogP) is 3.72. The number of anilines is 1. The van der Waals surface area contributed by atoms with Gasteiger partial charge in [0.05, 0.1) is 15.1 Å². The Hall–Kier alpha value is -2.04. The Morgan fingerprint density at radius 2 is 1.71 bits per heavy atom. The van der Waals surface area contributed by atoms with Crippen LogP contribution in [0.15, 0.2) is 41.3 Å². The molecule has 0 bridgehead atoms. The first-order valence-corrected chi connectivity index (χ1v) is 12.2. The van der Waals surface area contributed by atoms with Crippen LogP contribution in [0.25, 0.3) is 10.2 Å². The van der Waals surface area contributed by atoms with Crippen molar-refractivity contribution in [2.24, 2.45) is 0 Å². The number of rotatable bonds is 7. The van der Waals surface area contributed by atoms with E-state index < -0.39 is 10.0 Å². The van der Waals surface area contributed by atoms with E-state index in [0.29, 0.717) is 28.8 Å². The number of hydrogen-bond donors (Lipinski definition) is 0. The number of halogens is 1. The number of aryl methyl sites for hydroxylation is 1. The van der Waals surface area contributed by atoms with Crippen molar-refractivity contribution in [2.45, 2.75) is 11.8 Å². The fourth-order valence-corrected chi connectivity index (χ4v) is 5.32. The number of thiazole rings is 1. The molecule has 3 aromatic rings. The van der Waals surface area contributed by atoms with Crippen LogP contribution in [-0.4, -0.2) is 69.8 Å². The van der Waals surface area contributed by atoms with Crippen molar-refractivity contribution >= 4 is 54.2 Å². The second-order valence-corrected chi connectivity index (χ2v) is 11.2. The van der Waals surface area contributed by atoms with E-state index in [1.165, 1.54) is 49.7 Å². The molecule has 0 radical (unpaired) electrons. The lowest BCUT2D eigenvalue weighted by molar-refractivity contribution is 0.0985. The number of carbonyl (C=O) groups excluding carboxylic acids is 1. The third kappa shape index (κ3) is 5.07. The highest BCUT2D eigenvalue weighted by atomic mass is 35.5. The summed E-state index contributed by atoms with van der Waals surface area (Å²) in [6.45, 7) is 3.03. The van der Waals surface area contributed by atoms with Crippen LogP contribution in [0.5, 0.6) is 0 Å². The van der Waals surface area contributed by atoms with Crippen LogP contribution in [0.4, 0.5) is 5.13 Å². The summed E-state index contributed by atoms with van der Waals surface area (Å²) in [7, 11) is 3.25. The molecular weight excluding hydrogens is 456 g/mol. The Morgan fingerprint density at radius 3 is 2.29 bits per heavy atom. The molecule has 0 unspecified atom stereocenters. The van der Waals surface area contributed by atoms with Crippen LogP contribution in [-0.2, 0) is 10.0 Å². The van der Waals surface area contributed by atoms with Gasteiger partial charge < -0.3 is 4.90 Å². The first-order valence-electron chi connectivity index (χ1n) is 9.56. The van der Waals surface area contributed by atoms with Crippen molar-refractivity contribution in [1.29, 1.82) is 0 Å². The smallest absolute Gasteiger partial charge is 0.260 e. The normalized spacial score (nSPS) is 12.1. The summed E-state index contributed by atoms with van der Waals surface area (Å²) < 4.78 is 26.7. The van der Waals surface area contributed by atoms with E-state index in [1.54, 1.807) is 4.90 Å². The van der Waals surface area contributed by atoms with Crippen molar-refractivity contribution in [1.82, 2.24) is 14.2 Å². The third-order valence-electron chi connectivity index (χ3n) is 4.77. The van der Waals surface area contributed by atoms with E-state index in [-0.39, 0.29) is 10.8 Å². The zero-order valence-electron chi connectivity index (χ0n) is 18.1. The van der Waals surface area contributed by atoms with Crippen LogP contribution >= 0.6 is 22.9 Å². The Balaban J connectivity index is 1.99. The first-order chi connectivity index (χ1) is 14.5. The largest absolute Gasteiger partial charge is 0.308 e. The molecule has 0 atom stereocenters. The number of hydrogen-bond acceptors (Lipinski definition) is 6. The molecule has 0 fully saturated rings. The topological polar surface area (TPSA) is 73.8 Å². The van der Waals surface area contributed by atoms with Gasteiger partial charge in [0, 0.05) is 37.8 Å². The molecule has 0 spiro atoms.